The van der Waals surface area contributed by atoms with E-state index in [1.807, 2.05) is 12.3 Å². The number of anilines is 1. The fourth-order valence-electron chi connectivity index (χ4n) is 0.826. The minimum Gasteiger partial charge on any atom is -0.386 e. The van der Waals surface area contributed by atoms with Crippen molar-refractivity contribution in [1.82, 2.24) is 0 Å². The molecule has 0 aliphatic heterocycles. The van der Waals surface area contributed by atoms with E-state index in [1.165, 1.54) is 17.8 Å². The zero-order valence-corrected chi connectivity index (χ0v) is 7.33. The molecule has 0 radical (unpaired) electrons. The number of hydrogen-bond donors (Lipinski definition) is 1. The Morgan fingerprint density at radius 1 is 1.45 bits per heavy atom. The monoisotopic (exact) mass is 171 g/mol. The highest BCUT2D eigenvalue weighted by atomic mass is 32.2. The minimum atomic E-state index is -0.195. The molecule has 0 saturated carbocycles. The summed E-state index contributed by atoms with van der Waals surface area (Å²) >= 11 is 1.53. The average Bonchev–Trinajstić information content (AvgIpc) is 2.04. The summed E-state index contributed by atoms with van der Waals surface area (Å²) in [5.74, 6) is -0.195. The van der Waals surface area contributed by atoms with Crippen LogP contribution in [-0.2, 0) is 0 Å². The second-order valence-corrected chi connectivity index (χ2v) is 2.98. The molecule has 1 aromatic carbocycles. The van der Waals surface area contributed by atoms with Gasteiger partial charge >= 0.3 is 0 Å². The molecule has 3 heteroatoms. The van der Waals surface area contributed by atoms with Crippen molar-refractivity contribution in [2.24, 2.45) is 0 Å². The average molecular weight is 171 g/mol. The van der Waals surface area contributed by atoms with Crippen LogP contribution in [0.3, 0.4) is 0 Å². The van der Waals surface area contributed by atoms with Gasteiger partial charge in [-0.3, -0.25) is 0 Å². The molecule has 0 atom stereocenters. The molecule has 1 N–H and O–H groups in total. The van der Waals surface area contributed by atoms with Crippen LogP contribution in [0, 0.1) is 5.82 Å². The third-order valence-corrected chi connectivity index (χ3v) is 2.17. The molecular weight excluding hydrogens is 161 g/mol. The van der Waals surface area contributed by atoms with Crippen molar-refractivity contribution in [3.8, 4) is 0 Å². The highest BCUT2D eigenvalue weighted by molar-refractivity contribution is 7.98. The van der Waals surface area contributed by atoms with Gasteiger partial charge in [-0.25, -0.2) is 4.39 Å². The van der Waals surface area contributed by atoms with Gasteiger partial charge < -0.3 is 5.32 Å². The van der Waals surface area contributed by atoms with Crippen LogP contribution in [-0.4, -0.2) is 13.3 Å². The molecule has 0 aliphatic carbocycles. The number of thioether (sulfide) groups is 1. The summed E-state index contributed by atoms with van der Waals surface area (Å²) in [7, 11) is 1.71. The first-order chi connectivity index (χ1) is 5.27. The first-order valence-electron chi connectivity index (χ1n) is 3.29. The summed E-state index contributed by atoms with van der Waals surface area (Å²) in [5.41, 5.74) is 0.544. The predicted molar refractivity (Wildman–Crippen MR) is 47.7 cm³/mol. The van der Waals surface area contributed by atoms with Crippen LogP contribution in [0.25, 0.3) is 0 Å². The fraction of sp³-hybridized carbons (Fsp3) is 0.250. The Balaban J connectivity index is 2.99. The van der Waals surface area contributed by atoms with E-state index in [2.05, 4.69) is 5.32 Å². The maximum Gasteiger partial charge on any atom is 0.147 e. The van der Waals surface area contributed by atoms with Gasteiger partial charge in [0.1, 0.15) is 5.82 Å². The number of hydrogen-bond acceptors (Lipinski definition) is 2. The summed E-state index contributed by atoms with van der Waals surface area (Å²) in [6.07, 6.45) is 1.92. The van der Waals surface area contributed by atoms with Crippen molar-refractivity contribution < 1.29 is 4.39 Å². The zero-order valence-electron chi connectivity index (χ0n) is 6.52. The molecule has 0 aliphatic rings. The predicted octanol–water partition coefficient (Wildman–Crippen LogP) is 2.59. The molecule has 1 nitrogen and oxygen atoms in total. The SMILES string of the molecule is CNc1ccc(SC)cc1F. The van der Waals surface area contributed by atoms with E-state index < -0.39 is 0 Å². The molecule has 1 rings (SSSR count). The van der Waals surface area contributed by atoms with Crippen LogP contribution in [0.15, 0.2) is 23.1 Å². The fourth-order valence-corrected chi connectivity index (χ4v) is 1.25. The van der Waals surface area contributed by atoms with Crippen LogP contribution in [0.2, 0.25) is 0 Å². The molecule has 1 aromatic rings. The van der Waals surface area contributed by atoms with Crippen molar-refractivity contribution in [1.29, 1.82) is 0 Å². The zero-order chi connectivity index (χ0) is 8.27. The van der Waals surface area contributed by atoms with Crippen LogP contribution in [0.4, 0.5) is 10.1 Å². The van der Waals surface area contributed by atoms with Gasteiger partial charge in [0.05, 0.1) is 5.69 Å². The number of halogens is 1. The lowest BCUT2D eigenvalue weighted by Gasteiger charge is -2.02. The van der Waals surface area contributed by atoms with E-state index in [9.17, 15) is 4.39 Å². The summed E-state index contributed by atoms with van der Waals surface area (Å²) < 4.78 is 13.0. The van der Waals surface area contributed by atoms with Gasteiger partial charge in [-0.05, 0) is 24.5 Å². The number of rotatable bonds is 2. The Bertz CT molecular complexity index is 250. The lowest BCUT2D eigenvalue weighted by atomic mass is 10.3. The van der Waals surface area contributed by atoms with E-state index >= 15 is 0 Å². The number of benzene rings is 1. The molecule has 0 spiro atoms. The highest BCUT2D eigenvalue weighted by Crippen LogP contribution is 2.20. The van der Waals surface area contributed by atoms with E-state index in [-0.39, 0.29) is 5.82 Å². The quantitative estimate of drug-likeness (QED) is 0.686. The van der Waals surface area contributed by atoms with Gasteiger partial charge in [0.2, 0.25) is 0 Å². The van der Waals surface area contributed by atoms with Gasteiger partial charge in [-0.1, -0.05) is 0 Å². The third kappa shape index (κ3) is 1.87. The Labute approximate surface area is 70.0 Å². The molecule has 0 bridgehead atoms. The molecule has 0 aromatic heterocycles. The normalized spacial score (nSPS) is 9.73. The highest BCUT2D eigenvalue weighted by Gasteiger charge is 1.99. The Hall–Kier alpha value is -0.700. The summed E-state index contributed by atoms with van der Waals surface area (Å²) in [5, 5.41) is 2.76. The topological polar surface area (TPSA) is 12.0 Å². The minimum absolute atomic E-state index is 0.195. The molecule has 0 saturated heterocycles. The largest absolute Gasteiger partial charge is 0.386 e. The smallest absolute Gasteiger partial charge is 0.147 e. The Morgan fingerprint density at radius 3 is 2.64 bits per heavy atom. The van der Waals surface area contributed by atoms with Gasteiger partial charge in [-0.15, -0.1) is 11.8 Å². The van der Waals surface area contributed by atoms with Crippen LogP contribution < -0.4 is 5.32 Å². The maximum absolute atomic E-state index is 13.0. The first kappa shape index (κ1) is 8.40. The molecule has 0 amide bonds. The van der Waals surface area contributed by atoms with Crippen LogP contribution >= 0.6 is 11.8 Å². The third-order valence-electron chi connectivity index (χ3n) is 1.45. The molecule has 60 valence electrons. The van der Waals surface area contributed by atoms with E-state index in [0.717, 1.165) is 4.90 Å². The summed E-state index contributed by atoms with van der Waals surface area (Å²) in [6, 6.07) is 5.15. The maximum atomic E-state index is 13.0. The van der Waals surface area contributed by atoms with Gasteiger partial charge in [-0.2, -0.15) is 0 Å². The Kier molecular flexibility index (Phi) is 2.76. The van der Waals surface area contributed by atoms with Gasteiger partial charge in [0, 0.05) is 11.9 Å². The van der Waals surface area contributed by atoms with Crippen molar-refractivity contribution in [2.75, 3.05) is 18.6 Å². The summed E-state index contributed by atoms with van der Waals surface area (Å²) in [6.45, 7) is 0. The lowest BCUT2D eigenvalue weighted by molar-refractivity contribution is 0.628. The van der Waals surface area contributed by atoms with Crippen molar-refractivity contribution >= 4 is 17.4 Å². The summed E-state index contributed by atoms with van der Waals surface area (Å²) in [4.78, 5) is 0.946. The van der Waals surface area contributed by atoms with Crippen molar-refractivity contribution in [2.45, 2.75) is 4.90 Å². The Morgan fingerprint density at radius 2 is 2.18 bits per heavy atom. The standard InChI is InChI=1S/C8H10FNS/c1-10-8-4-3-6(11-2)5-7(8)9/h3-5,10H,1-2H3. The molecule has 0 unspecified atom stereocenters. The van der Waals surface area contributed by atoms with E-state index in [0.29, 0.717) is 5.69 Å². The van der Waals surface area contributed by atoms with E-state index in [4.69, 9.17) is 0 Å². The van der Waals surface area contributed by atoms with Gasteiger partial charge in [0.25, 0.3) is 0 Å². The molecule has 11 heavy (non-hydrogen) atoms. The molecular formula is C8H10FNS. The van der Waals surface area contributed by atoms with E-state index in [1.54, 1.807) is 13.1 Å². The second-order valence-electron chi connectivity index (χ2n) is 2.10. The lowest BCUT2D eigenvalue weighted by Crippen LogP contribution is -1.91. The first-order valence-corrected chi connectivity index (χ1v) is 4.51. The number of nitrogens with one attached hydrogen (secondary N) is 1. The van der Waals surface area contributed by atoms with Crippen molar-refractivity contribution in [3.63, 3.8) is 0 Å². The van der Waals surface area contributed by atoms with Gasteiger partial charge in [0.15, 0.2) is 0 Å². The second kappa shape index (κ2) is 3.62. The van der Waals surface area contributed by atoms with Crippen LogP contribution in [0.5, 0.6) is 0 Å². The molecule has 0 heterocycles. The van der Waals surface area contributed by atoms with Crippen LogP contribution in [0.1, 0.15) is 0 Å². The molecule has 0 fully saturated rings. The van der Waals surface area contributed by atoms with Crippen molar-refractivity contribution in [3.05, 3.63) is 24.0 Å².